The smallest absolute Gasteiger partial charge is 0.336 e. The van der Waals surface area contributed by atoms with Gasteiger partial charge in [0.15, 0.2) is 0 Å². The van der Waals surface area contributed by atoms with Crippen LogP contribution in [0.3, 0.4) is 0 Å². The number of benzene rings is 1. The van der Waals surface area contributed by atoms with Crippen LogP contribution < -0.4 is 4.90 Å². The van der Waals surface area contributed by atoms with E-state index in [9.17, 15) is 14.4 Å². The fourth-order valence-corrected chi connectivity index (χ4v) is 2.85. The van der Waals surface area contributed by atoms with E-state index in [4.69, 9.17) is 10.2 Å². The summed E-state index contributed by atoms with van der Waals surface area (Å²) in [4.78, 5) is 35.3. The minimum absolute atomic E-state index is 0.0391. The first-order valence-electron chi connectivity index (χ1n) is 5.88. The molecule has 1 heterocycles. The summed E-state index contributed by atoms with van der Waals surface area (Å²) < 4.78 is 0.424. The van der Waals surface area contributed by atoms with Crippen LogP contribution in [-0.2, 0) is 9.59 Å². The number of carboxylic acid groups (broad SMARTS) is 2. The maximum Gasteiger partial charge on any atom is 0.336 e. The number of hydrogen-bond acceptors (Lipinski definition) is 3. The Bertz CT molecular complexity index is 613. The summed E-state index contributed by atoms with van der Waals surface area (Å²) in [5.41, 5.74) is 1.19. The first-order chi connectivity index (χ1) is 9.31. The highest BCUT2D eigenvalue weighted by Crippen LogP contribution is 2.32. The molecule has 1 fully saturated rings. The molecule has 1 aliphatic rings. The van der Waals surface area contributed by atoms with Gasteiger partial charge in [-0.1, -0.05) is 0 Å². The lowest BCUT2D eigenvalue weighted by Crippen LogP contribution is -2.26. The van der Waals surface area contributed by atoms with Crippen LogP contribution in [0.4, 0.5) is 5.69 Å². The lowest BCUT2D eigenvalue weighted by molar-refractivity contribution is -0.141. The van der Waals surface area contributed by atoms with Crippen molar-refractivity contribution in [2.24, 2.45) is 5.92 Å². The molecular weight excluding hydrogens is 330 g/mol. The number of carbonyl (C=O) groups is 3. The molecule has 1 saturated heterocycles. The van der Waals surface area contributed by atoms with Gasteiger partial charge in [0.1, 0.15) is 0 Å². The summed E-state index contributed by atoms with van der Waals surface area (Å²) >= 11 is 3.16. The SMILES string of the molecule is Cc1cc(Br)c(C(=O)O)cc1N1CC(C(=O)O)CC1=O. The molecule has 0 bridgehead atoms. The molecule has 7 heteroatoms. The predicted octanol–water partition coefficient (Wildman–Crippen LogP) is 1.89. The molecule has 1 aromatic carbocycles. The van der Waals surface area contributed by atoms with Gasteiger partial charge in [0, 0.05) is 23.1 Å². The Labute approximate surface area is 123 Å². The van der Waals surface area contributed by atoms with Crippen LogP contribution in [0.15, 0.2) is 16.6 Å². The van der Waals surface area contributed by atoms with Crippen LogP contribution in [0.2, 0.25) is 0 Å². The summed E-state index contributed by atoms with van der Waals surface area (Å²) in [5.74, 6) is -3.19. The Morgan fingerprint density at radius 2 is 2.00 bits per heavy atom. The Hall–Kier alpha value is -1.89. The number of carbonyl (C=O) groups excluding carboxylic acids is 1. The topological polar surface area (TPSA) is 94.9 Å². The van der Waals surface area contributed by atoms with Gasteiger partial charge in [0.25, 0.3) is 0 Å². The van der Waals surface area contributed by atoms with Gasteiger partial charge in [-0.3, -0.25) is 9.59 Å². The fraction of sp³-hybridized carbons (Fsp3) is 0.308. The third kappa shape index (κ3) is 2.53. The van der Waals surface area contributed by atoms with Crippen molar-refractivity contribution in [1.29, 1.82) is 0 Å². The number of hydrogen-bond donors (Lipinski definition) is 2. The predicted molar refractivity (Wildman–Crippen MR) is 73.9 cm³/mol. The highest BCUT2D eigenvalue weighted by Gasteiger charge is 2.36. The first kappa shape index (κ1) is 14.5. The van der Waals surface area contributed by atoms with Crippen molar-refractivity contribution in [3.63, 3.8) is 0 Å². The van der Waals surface area contributed by atoms with E-state index in [1.165, 1.54) is 11.0 Å². The fourth-order valence-electron chi connectivity index (χ4n) is 2.22. The van der Waals surface area contributed by atoms with Gasteiger partial charge in [-0.15, -0.1) is 0 Å². The third-order valence-corrected chi connectivity index (χ3v) is 3.94. The average molecular weight is 342 g/mol. The molecule has 2 N–H and O–H groups in total. The number of aromatic carboxylic acids is 1. The van der Waals surface area contributed by atoms with Crippen molar-refractivity contribution in [3.05, 3.63) is 27.7 Å². The van der Waals surface area contributed by atoms with Crippen molar-refractivity contribution in [1.82, 2.24) is 0 Å². The number of aliphatic carboxylic acids is 1. The Kier molecular flexibility index (Phi) is 3.80. The van der Waals surface area contributed by atoms with Gasteiger partial charge >= 0.3 is 11.9 Å². The Morgan fingerprint density at radius 1 is 1.35 bits per heavy atom. The molecule has 0 saturated carbocycles. The van der Waals surface area contributed by atoms with Gasteiger partial charge in [0.2, 0.25) is 5.91 Å². The molecule has 106 valence electrons. The van der Waals surface area contributed by atoms with E-state index in [-0.39, 0.29) is 24.4 Å². The van der Waals surface area contributed by atoms with Gasteiger partial charge < -0.3 is 15.1 Å². The van der Waals surface area contributed by atoms with Crippen LogP contribution >= 0.6 is 15.9 Å². The number of anilines is 1. The maximum atomic E-state index is 11.9. The molecule has 0 radical (unpaired) electrons. The monoisotopic (exact) mass is 341 g/mol. The average Bonchev–Trinajstić information content (AvgIpc) is 2.71. The Morgan fingerprint density at radius 3 is 2.50 bits per heavy atom. The van der Waals surface area contributed by atoms with E-state index in [0.717, 1.165) is 0 Å². The minimum Gasteiger partial charge on any atom is -0.481 e. The molecule has 1 aromatic rings. The minimum atomic E-state index is -1.11. The van der Waals surface area contributed by atoms with Gasteiger partial charge in [0.05, 0.1) is 11.5 Å². The lowest BCUT2D eigenvalue weighted by atomic mass is 10.1. The second-order valence-corrected chi connectivity index (χ2v) is 5.52. The maximum absolute atomic E-state index is 11.9. The molecule has 6 nitrogen and oxygen atoms in total. The molecule has 2 rings (SSSR count). The van der Waals surface area contributed by atoms with E-state index >= 15 is 0 Å². The molecular formula is C13H12BrNO5. The number of halogens is 1. The van der Waals surface area contributed by atoms with Crippen LogP contribution in [0.5, 0.6) is 0 Å². The van der Waals surface area contributed by atoms with Crippen molar-refractivity contribution < 1.29 is 24.6 Å². The number of aryl methyl sites for hydroxylation is 1. The highest BCUT2D eigenvalue weighted by molar-refractivity contribution is 9.10. The van der Waals surface area contributed by atoms with Crippen molar-refractivity contribution >= 4 is 39.5 Å². The molecule has 0 spiro atoms. The molecule has 1 unspecified atom stereocenters. The molecule has 1 atom stereocenters. The second-order valence-electron chi connectivity index (χ2n) is 4.67. The molecule has 20 heavy (non-hydrogen) atoms. The van der Waals surface area contributed by atoms with Crippen LogP contribution in [0.1, 0.15) is 22.3 Å². The quantitative estimate of drug-likeness (QED) is 0.875. The lowest BCUT2D eigenvalue weighted by Gasteiger charge is -2.19. The van der Waals surface area contributed by atoms with Gasteiger partial charge in [-0.05, 0) is 40.5 Å². The molecule has 0 aromatic heterocycles. The van der Waals surface area contributed by atoms with E-state index in [1.54, 1.807) is 13.0 Å². The van der Waals surface area contributed by atoms with Crippen LogP contribution in [0.25, 0.3) is 0 Å². The zero-order valence-corrected chi connectivity index (χ0v) is 12.2. The molecule has 1 amide bonds. The van der Waals surface area contributed by atoms with E-state index in [2.05, 4.69) is 15.9 Å². The van der Waals surface area contributed by atoms with Crippen molar-refractivity contribution in [2.45, 2.75) is 13.3 Å². The zero-order chi connectivity index (χ0) is 15.0. The second kappa shape index (κ2) is 5.24. The highest BCUT2D eigenvalue weighted by atomic mass is 79.9. The van der Waals surface area contributed by atoms with Crippen LogP contribution in [0, 0.1) is 12.8 Å². The van der Waals surface area contributed by atoms with E-state index < -0.39 is 17.9 Å². The number of carboxylic acids is 2. The first-order valence-corrected chi connectivity index (χ1v) is 6.67. The third-order valence-electron chi connectivity index (χ3n) is 3.28. The van der Waals surface area contributed by atoms with Crippen molar-refractivity contribution in [2.75, 3.05) is 11.4 Å². The number of nitrogens with zero attached hydrogens (tertiary/aromatic N) is 1. The largest absolute Gasteiger partial charge is 0.481 e. The van der Waals surface area contributed by atoms with Crippen LogP contribution in [-0.4, -0.2) is 34.6 Å². The normalized spacial score (nSPS) is 18.4. The molecule has 1 aliphatic heterocycles. The summed E-state index contributed by atoms with van der Waals surface area (Å²) in [6.45, 7) is 1.81. The van der Waals surface area contributed by atoms with Gasteiger partial charge in [-0.2, -0.15) is 0 Å². The summed E-state index contributed by atoms with van der Waals surface area (Å²) in [6.07, 6.45) is -0.0623. The van der Waals surface area contributed by atoms with E-state index in [0.29, 0.717) is 15.7 Å². The van der Waals surface area contributed by atoms with E-state index in [1.807, 2.05) is 0 Å². The molecule has 0 aliphatic carbocycles. The van der Waals surface area contributed by atoms with Crippen molar-refractivity contribution in [3.8, 4) is 0 Å². The summed E-state index contributed by atoms with van der Waals surface area (Å²) in [7, 11) is 0. The number of rotatable bonds is 3. The summed E-state index contributed by atoms with van der Waals surface area (Å²) in [5, 5.41) is 18.1. The van der Waals surface area contributed by atoms with Gasteiger partial charge in [-0.25, -0.2) is 4.79 Å². The standard InChI is InChI=1S/C13H12BrNO5/c1-6-2-9(14)8(13(19)20)4-10(6)15-5-7(12(17)18)3-11(15)16/h2,4,7H,3,5H2,1H3,(H,17,18)(H,19,20). The Balaban J connectivity index is 2.43. The number of amides is 1. The zero-order valence-electron chi connectivity index (χ0n) is 10.6. The summed E-state index contributed by atoms with van der Waals surface area (Å²) in [6, 6.07) is 3.00.